The minimum absolute atomic E-state index is 0.207. The maximum absolute atomic E-state index is 11.7. The lowest BCUT2D eigenvalue weighted by molar-refractivity contribution is -0.135. The summed E-state index contributed by atoms with van der Waals surface area (Å²) in [6.45, 7) is 2.59. The van der Waals surface area contributed by atoms with Crippen LogP contribution in [0.4, 0.5) is 0 Å². The highest BCUT2D eigenvalue weighted by molar-refractivity contribution is 5.73. The number of hydrogen-bond donors (Lipinski definition) is 1. The van der Waals surface area contributed by atoms with Gasteiger partial charge in [0.15, 0.2) is 5.82 Å². The first-order chi connectivity index (χ1) is 8.77. The minimum atomic E-state index is 0.207. The van der Waals surface area contributed by atoms with Crippen LogP contribution < -0.4 is 0 Å². The lowest BCUT2D eigenvalue weighted by atomic mass is 9.71. The molecule has 1 saturated carbocycles. The summed E-state index contributed by atoms with van der Waals surface area (Å²) in [6, 6.07) is 0.383. The molecule has 0 aromatic carbocycles. The predicted molar refractivity (Wildman–Crippen MR) is 64.7 cm³/mol. The minimum Gasteiger partial charge on any atom is -0.340 e. The zero-order chi connectivity index (χ0) is 12.5. The highest BCUT2D eigenvalue weighted by Crippen LogP contribution is 2.43. The lowest BCUT2D eigenvalue weighted by Crippen LogP contribution is -2.51. The van der Waals surface area contributed by atoms with Gasteiger partial charge in [0.05, 0.1) is 0 Å². The molecule has 1 amide bonds. The number of carbonyl (C=O) groups excluding carboxylic acids is 1. The summed E-state index contributed by atoms with van der Waals surface area (Å²) in [5, 5.41) is 14.5. The molecular formula is C12H19N5O. The van der Waals surface area contributed by atoms with Crippen molar-refractivity contribution < 1.29 is 4.79 Å². The van der Waals surface area contributed by atoms with Crippen molar-refractivity contribution in [2.45, 2.75) is 51.0 Å². The predicted octanol–water partition coefficient (Wildman–Crippen LogP) is 1.09. The number of nitrogens with zero attached hydrogens (tertiary/aromatic N) is 4. The molecule has 1 N–H and O–H groups in total. The second-order valence-electron chi connectivity index (χ2n) is 5.39. The van der Waals surface area contributed by atoms with Crippen molar-refractivity contribution in [2.75, 3.05) is 6.54 Å². The van der Waals surface area contributed by atoms with Gasteiger partial charge in [-0.25, -0.2) is 0 Å². The molecule has 1 aromatic rings. The molecule has 1 aromatic heterocycles. The van der Waals surface area contributed by atoms with E-state index in [4.69, 9.17) is 0 Å². The Labute approximate surface area is 106 Å². The molecule has 0 radical (unpaired) electrons. The summed E-state index contributed by atoms with van der Waals surface area (Å²) >= 11 is 0. The zero-order valence-electron chi connectivity index (χ0n) is 10.7. The number of carbonyl (C=O) groups is 1. The summed E-state index contributed by atoms with van der Waals surface area (Å²) in [5.41, 5.74) is 0. The Hall–Kier alpha value is -1.46. The fourth-order valence-corrected chi connectivity index (χ4v) is 3.73. The van der Waals surface area contributed by atoms with Crippen molar-refractivity contribution in [1.29, 1.82) is 0 Å². The second-order valence-corrected chi connectivity index (χ2v) is 5.39. The molecule has 0 bridgehead atoms. The molecule has 6 heteroatoms. The van der Waals surface area contributed by atoms with Crippen LogP contribution in [-0.2, 0) is 4.79 Å². The Bertz CT molecular complexity index is 418. The normalized spacial score (nSPS) is 32.1. The molecule has 2 heterocycles. The van der Waals surface area contributed by atoms with Gasteiger partial charge >= 0.3 is 0 Å². The number of H-pyrrole nitrogens is 1. The number of aromatic amines is 1. The molecular weight excluding hydrogens is 230 g/mol. The number of fused-ring (bicyclic) bond motifs is 1. The molecule has 3 rings (SSSR count). The molecule has 18 heavy (non-hydrogen) atoms. The van der Waals surface area contributed by atoms with Crippen LogP contribution in [0.25, 0.3) is 0 Å². The number of tetrazole rings is 1. The first-order valence-electron chi connectivity index (χ1n) is 6.78. The van der Waals surface area contributed by atoms with E-state index in [2.05, 4.69) is 25.5 Å². The van der Waals surface area contributed by atoms with Gasteiger partial charge in [-0.1, -0.05) is 11.6 Å². The Balaban J connectivity index is 1.84. The largest absolute Gasteiger partial charge is 0.340 e. The van der Waals surface area contributed by atoms with E-state index in [9.17, 15) is 4.79 Å². The maximum atomic E-state index is 11.7. The molecule has 3 atom stereocenters. The lowest BCUT2D eigenvalue weighted by Gasteiger charge is -2.46. The Kier molecular flexibility index (Phi) is 3.01. The van der Waals surface area contributed by atoms with E-state index in [1.807, 2.05) is 0 Å². The third kappa shape index (κ3) is 1.89. The van der Waals surface area contributed by atoms with Crippen LogP contribution in [0, 0.1) is 5.92 Å². The number of piperidine rings is 1. The average molecular weight is 249 g/mol. The number of likely N-dealkylation sites (tertiary alicyclic amines) is 1. The molecule has 98 valence electrons. The van der Waals surface area contributed by atoms with Crippen molar-refractivity contribution in [3.63, 3.8) is 0 Å². The highest BCUT2D eigenvalue weighted by atomic mass is 16.2. The van der Waals surface area contributed by atoms with Crippen LogP contribution in [0.2, 0.25) is 0 Å². The van der Waals surface area contributed by atoms with E-state index < -0.39 is 0 Å². The highest BCUT2D eigenvalue weighted by Gasteiger charge is 2.41. The summed E-state index contributed by atoms with van der Waals surface area (Å²) < 4.78 is 0. The summed E-state index contributed by atoms with van der Waals surface area (Å²) in [5.74, 6) is 1.91. The SMILES string of the molecule is CC(=O)N1CCCC2C(c3nn[nH]n3)CCCC21. The van der Waals surface area contributed by atoms with Crippen molar-refractivity contribution in [1.82, 2.24) is 25.5 Å². The number of hydrogen-bond acceptors (Lipinski definition) is 4. The number of nitrogens with one attached hydrogen (secondary N) is 1. The summed E-state index contributed by atoms with van der Waals surface area (Å²) in [7, 11) is 0. The fraction of sp³-hybridized carbons (Fsp3) is 0.833. The van der Waals surface area contributed by atoms with E-state index in [1.54, 1.807) is 6.92 Å². The van der Waals surface area contributed by atoms with Gasteiger partial charge in [-0.05, 0) is 31.6 Å². The number of amides is 1. The van der Waals surface area contributed by atoms with E-state index in [1.165, 1.54) is 6.42 Å². The zero-order valence-corrected chi connectivity index (χ0v) is 10.7. The molecule has 1 aliphatic heterocycles. The smallest absolute Gasteiger partial charge is 0.219 e. The Morgan fingerprint density at radius 1 is 1.33 bits per heavy atom. The Morgan fingerprint density at radius 3 is 2.94 bits per heavy atom. The fourth-order valence-electron chi connectivity index (χ4n) is 3.73. The van der Waals surface area contributed by atoms with Crippen molar-refractivity contribution in [3.05, 3.63) is 5.82 Å². The van der Waals surface area contributed by atoms with Crippen molar-refractivity contribution in [2.24, 2.45) is 5.92 Å². The molecule has 2 aliphatic rings. The Morgan fingerprint density at radius 2 is 2.22 bits per heavy atom. The number of aromatic nitrogens is 4. The van der Waals surface area contributed by atoms with Crippen LogP contribution in [0.15, 0.2) is 0 Å². The summed E-state index contributed by atoms with van der Waals surface area (Å²) in [6.07, 6.45) is 5.65. The quantitative estimate of drug-likeness (QED) is 0.808. The van der Waals surface area contributed by atoms with Crippen molar-refractivity contribution in [3.8, 4) is 0 Å². The number of rotatable bonds is 1. The van der Waals surface area contributed by atoms with E-state index >= 15 is 0 Å². The van der Waals surface area contributed by atoms with Gasteiger partial charge in [0, 0.05) is 25.4 Å². The van der Waals surface area contributed by atoms with Gasteiger partial charge in [-0.15, -0.1) is 10.2 Å². The van der Waals surface area contributed by atoms with Gasteiger partial charge in [-0.2, -0.15) is 5.21 Å². The van der Waals surface area contributed by atoms with Gasteiger partial charge < -0.3 is 4.90 Å². The van der Waals surface area contributed by atoms with Crippen LogP contribution in [0.5, 0.6) is 0 Å². The topological polar surface area (TPSA) is 74.8 Å². The maximum Gasteiger partial charge on any atom is 0.219 e. The standard InChI is InChI=1S/C12H19N5O/c1-8(18)17-7-3-5-9-10(4-2-6-11(9)17)12-13-15-16-14-12/h9-11H,2-7H2,1H3,(H,13,14,15,16). The average Bonchev–Trinajstić information content (AvgIpc) is 2.91. The van der Waals surface area contributed by atoms with Crippen LogP contribution in [0.3, 0.4) is 0 Å². The molecule has 1 saturated heterocycles. The summed E-state index contributed by atoms with van der Waals surface area (Å²) in [4.78, 5) is 13.8. The third-order valence-corrected chi connectivity index (χ3v) is 4.46. The molecule has 2 fully saturated rings. The first kappa shape index (κ1) is 11.6. The third-order valence-electron chi connectivity index (χ3n) is 4.46. The molecule has 6 nitrogen and oxygen atoms in total. The van der Waals surface area contributed by atoms with Crippen LogP contribution in [0.1, 0.15) is 50.8 Å². The molecule has 0 spiro atoms. The van der Waals surface area contributed by atoms with E-state index in [-0.39, 0.29) is 5.91 Å². The van der Waals surface area contributed by atoms with Crippen LogP contribution >= 0.6 is 0 Å². The second kappa shape index (κ2) is 4.66. The monoisotopic (exact) mass is 249 g/mol. The molecule has 3 unspecified atom stereocenters. The van der Waals surface area contributed by atoms with E-state index in [0.29, 0.717) is 17.9 Å². The van der Waals surface area contributed by atoms with E-state index in [0.717, 1.165) is 38.1 Å². The first-order valence-corrected chi connectivity index (χ1v) is 6.78. The van der Waals surface area contributed by atoms with Gasteiger partial charge in [0.2, 0.25) is 5.91 Å². The van der Waals surface area contributed by atoms with Crippen molar-refractivity contribution >= 4 is 5.91 Å². The molecule has 1 aliphatic carbocycles. The van der Waals surface area contributed by atoms with Gasteiger partial charge in [0.25, 0.3) is 0 Å². The van der Waals surface area contributed by atoms with Crippen LogP contribution in [-0.4, -0.2) is 44.0 Å². The van der Waals surface area contributed by atoms with Gasteiger partial charge in [0.1, 0.15) is 0 Å². The van der Waals surface area contributed by atoms with Gasteiger partial charge in [-0.3, -0.25) is 4.79 Å².